The third kappa shape index (κ3) is 5.74. The third-order valence-electron chi connectivity index (χ3n) is 3.29. The van der Waals surface area contributed by atoms with Crippen LogP contribution in [0.25, 0.3) is 0 Å². The van der Waals surface area contributed by atoms with Gasteiger partial charge in [0.1, 0.15) is 0 Å². The molecule has 3 nitrogen and oxygen atoms in total. The maximum absolute atomic E-state index is 11.9. The molecule has 2 N–H and O–H groups in total. The summed E-state index contributed by atoms with van der Waals surface area (Å²) in [7, 11) is 0. The number of amides is 1. The number of unbranched alkanes of at least 4 members (excludes halogenated alkanes) is 1. The topological polar surface area (TPSA) is 41.1 Å². The van der Waals surface area contributed by atoms with E-state index in [0.717, 1.165) is 32.2 Å². The van der Waals surface area contributed by atoms with Crippen LogP contribution in [0.5, 0.6) is 0 Å². The molecule has 1 aliphatic carbocycles. The number of hydrogen-bond donors (Lipinski definition) is 2. The molecule has 0 aromatic heterocycles. The highest BCUT2D eigenvalue weighted by atomic mass is 16.2. The van der Waals surface area contributed by atoms with Gasteiger partial charge in [0.15, 0.2) is 0 Å². The van der Waals surface area contributed by atoms with Crippen LogP contribution in [0.15, 0.2) is 0 Å². The normalized spacial score (nSPS) is 18.4. The summed E-state index contributed by atoms with van der Waals surface area (Å²) in [4.78, 5) is 11.9. The first-order valence-electron chi connectivity index (χ1n) is 6.71. The van der Waals surface area contributed by atoms with Crippen LogP contribution in [-0.2, 0) is 4.79 Å². The first-order chi connectivity index (χ1) is 8.24. The van der Waals surface area contributed by atoms with E-state index in [1.807, 2.05) is 6.92 Å². The maximum atomic E-state index is 11.9. The molecule has 1 aliphatic rings. The summed E-state index contributed by atoms with van der Waals surface area (Å²) >= 11 is 0. The van der Waals surface area contributed by atoms with Gasteiger partial charge in [0, 0.05) is 12.5 Å². The Hall–Kier alpha value is -1.01. The number of hydrogen-bond acceptors (Lipinski definition) is 2. The number of carbonyl (C=O) groups excluding carboxylic acids is 1. The van der Waals surface area contributed by atoms with Crippen LogP contribution in [0.1, 0.15) is 51.9 Å². The number of rotatable bonds is 6. The molecule has 1 amide bonds. The summed E-state index contributed by atoms with van der Waals surface area (Å²) in [6, 6.07) is 0.279. The lowest BCUT2D eigenvalue weighted by Gasteiger charge is -2.24. The first-order valence-corrected chi connectivity index (χ1v) is 6.71. The third-order valence-corrected chi connectivity index (χ3v) is 3.29. The van der Waals surface area contributed by atoms with Crippen LogP contribution >= 0.6 is 0 Å². The molecule has 0 radical (unpaired) electrons. The molecule has 0 aliphatic heterocycles. The van der Waals surface area contributed by atoms with E-state index in [2.05, 4.69) is 16.6 Å². The fourth-order valence-electron chi connectivity index (χ4n) is 2.17. The van der Waals surface area contributed by atoms with E-state index in [4.69, 9.17) is 6.42 Å². The van der Waals surface area contributed by atoms with Gasteiger partial charge < -0.3 is 10.6 Å². The molecular weight excluding hydrogens is 212 g/mol. The lowest BCUT2D eigenvalue weighted by atomic mass is 9.95. The molecule has 1 saturated carbocycles. The summed E-state index contributed by atoms with van der Waals surface area (Å²) in [5, 5.41) is 6.32. The van der Waals surface area contributed by atoms with Crippen molar-refractivity contribution in [3.8, 4) is 12.3 Å². The second-order valence-electron chi connectivity index (χ2n) is 4.83. The Morgan fingerprint density at radius 2 is 2.12 bits per heavy atom. The van der Waals surface area contributed by atoms with E-state index in [-0.39, 0.29) is 11.9 Å². The van der Waals surface area contributed by atoms with Crippen molar-refractivity contribution in [2.24, 2.45) is 0 Å². The van der Waals surface area contributed by atoms with Crippen LogP contribution in [0, 0.1) is 12.3 Å². The zero-order valence-corrected chi connectivity index (χ0v) is 10.8. The minimum Gasteiger partial charge on any atom is -0.352 e. The van der Waals surface area contributed by atoms with Crippen molar-refractivity contribution in [1.82, 2.24) is 10.6 Å². The number of terminal acetylenes is 1. The van der Waals surface area contributed by atoms with Crippen molar-refractivity contribution in [3.05, 3.63) is 0 Å². The zero-order valence-electron chi connectivity index (χ0n) is 10.8. The largest absolute Gasteiger partial charge is 0.352 e. The summed E-state index contributed by atoms with van der Waals surface area (Å²) in [6.45, 7) is 2.72. The SMILES string of the molecule is C#CCCCNC(C)C(=O)NC1CCCCC1. The molecule has 0 aromatic rings. The Morgan fingerprint density at radius 1 is 1.41 bits per heavy atom. The van der Waals surface area contributed by atoms with Crippen LogP contribution in [0.4, 0.5) is 0 Å². The monoisotopic (exact) mass is 236 g/mol. The summed E-state index contributed by atoms with van der Waals surface area (Å²) < 4.78 is 0. The van der Waals surface area contributed by atoms with Crippen LogP contribution in [0.3, 0.4) is 0 Å². The average molecular weight is 236 g/mol. The van der Waals surface area contributed by atoms with Gasteiger partial charge in [-0.1, -0.05) is 19.3 Å². The molecular formula is C14H24N2O. The molecule has 1 rings (SSSR count). The molecule has 0 heterocycles. The van der Waals surface area contributed by atoms with Crippen molar-refractivity contribution in [1.29, 1.82) is 0 Å². The molecule has 0 saturated heterocycles. The second kappa shape index (κ2) is 8.14. The molecule has 96 valence electrons. The smallest absolute Gasteiger partial charge is 0.237 e. The first kappa shape index (κ1) is 14.1. The van der Waals surface area contributed by atoms with Crippen LogP contribution in [0.2, 0.25) is 0 Å². The minimum atomic E-state index is -0.116. The van der Waals surface area contributed by atoms with Crippen molar-refractivity contribution in [3.63, 3.8) is 0 Å². The number of nitrogens with one attached hydrogen (secondary N) is 2. The number of carbonyl (C=O) groups is 1. The average Bonchev–Trinajstić information content (AvgIpc) is 2.35. The minimum absolute atomic E-state index is 0.116. The van der Waals surface area contributed by atoms with Gasteiger partial charge in [-0.3, -0.25) is 4.79 Å². The van der Waals surface area contributed by atoms with Crippen molar-refractivity contribution < 1.29 is 4.79 Å². The lowest BCUT2D eigenvalue weighted by molar-refractivity contribution is -0.123. The highest BCUT2D eigenvalue weighted by Crippen LogP contribution is 2.17. The molecule has 3 heteroatoms. The Morgan fingerprint density at radius 3 is 2.76 bits per heavy atom. The van der Waals surface area contributed by atoms with Gasteiger partial charge in [-0.2, -0.15) is 0 Å². The van der Waals surface area contributed by atoms with Crippen molar-refractivity contribution in [2.75, 3.05) is 6.54 Å². The second-order valence-corrected chi connectivity index (χ2v) is 4.83. The highest BCUT2D eigenvalue weighted by Gasteiger charge is 2.18. The highest BCUT2D eigenvalue weighted by molar-refractivity contribution is 5.81. The van der Waals surface area contributed by atoms with Gasteiger partial charge in [0.25, 0.3) is 0 Å². The van der Waals surface area contributed by atoms with Crippen molar-refractivity contribution >= 4 is 5.91 Å². The van der Waals surface area contributed by atoms with Crippen molar-refractivity contribution in [2.45, 2.75) is 64.0 Å². The van der Waals surface area contributed by atoms with Gasteiger partial charge in [0.05, 0.1) is 6.04 Å². The standard InChI is InChI=1S/C14H24N2O/c1-3-4-8-11-15-12(2)14(17)16-13-9-6-5-7-10-13/h1,12-13,15H,4-11H2,2H3,(H,16,17). The molecule has 0 aromatic carbocycles. The van der Waals surface area contributed by atoms with E-state index in [1.54, 1.807) is 0 Å². The van der Waals surface area contributed by atoms with E-state index in [0.29, 0.717) is 6.04 Å². The predicted octanol–water partition coefficient (Wildman–Crippen LogP) is 1.83. The molecule has 1 atom stereocenters. The predicted molar refractivity (Wildman–Crippen MR) is 70.5 cm³/mol. The van der Waals surface area contributed by atoms with Gasteiger partial charge >= 0.3 is 0 Å². The van der Waals surface area contributed by atoms with Gasteiger partial charge in [-0.15, -0.1) is 12.3 Å². The Kier molecular flexibility index (Phi) is 6.73. The lowest BCUT2D eigenvalue weighted by Crippen LogP contribution is -2.47. The molecule has 1 fully saturated rings. The van der Waals surface area contributed by atoms with Gasteiger partial charge in [-0.05, 0) is 32.7 Å². The molecule has 1 unspecified atom stereocenters. The maximum Gasteiger partial charge on any atom is 0.237 e. The van der Waals surface area contributed by atoms with Gasteiger partial charge in [-0.25, -0.2) is 0 Å². The molecule has 17 heavy (non-hydrogen) atoms. The van der Waals surface area contributed by atoms with Gasteiger partial charge in [0.2, 0.25) is 5.91 Å². The molecule has 0 bridgehead atoms. The van der Waals surface area contributed by atoms with E-state index in [1.165, 1.54) is 19.3 Å². The van der Waals surface area contributed by atoms with Crippen LogP contribution < -0.4 is 10.6 Å². The van der Waals surface area contributed by atoms with Crippen LogP contribution in [-0.4, -0.2) is 24.5 Å². The summed E-state index contributed by atoms with van der Waals surface area (Å²) in [5.41, 5.74) is 0. The zero-order chi connectivity index (χ0) is 12.5. The summed E-state index contributed by atoms with van der Waals surface area (Å²) in [6.07, 6.45) is 12.9. The quantitative estimate of drug-likeness (QED) is 0.545. The Labute approximate surface area is 105 Å². The van der Waals surface area contributed by atoms with E-state index < -0.39 is 0 Å². The Bertz CT molecular complexity index is 264. The fraction of sp³-hybridized carbons (Fsp3) is 0.786. The van der Waals surface area contributed by atoms with E-state index in [9.17, 15) is 4.79 Å². The van der Waals surface area contributed by atoms with E-state index >= 15 is 0 Å². The summed E-state index contributed by atoms with van der Waals surface area (Å²) in [5.74, 6) is 2.72. The fourth-order valence-corrected chi connectivity index (χ4v) is 2.17. The Balaban J connectivity index is 2.15. The molecule has 0 spiro atoms.